The highest BCUT2D eigenvalue weighted by molar-refractivity contribution is 6.26. The van der Waals surface area contributed by atoms with Crippen LogP contribution in [0.5, 0.6) is 34.5 Å². The van der Waals surface area contributed by atoms with Gasteiger partial charge in [0, 0.05) is 12.8 Å². The molecule has 0 saturated heterocycles. The summed E-state index contributed by atoms with van der Waals surface area (Å²) >= 11 is 0. The van der Waals surface area contributed by atoms with Crippen LogP contribution in [0.1, 0.15) is 156 Å². The molecule has 0 unspecified atom stereocenters. The molecule has 0 fully saturated rings. The van der Waals surface area contributed by atoms with Crippen LogP contribution in [0.25, 0.3) is 32.3 Å². The number of benzene rings is 4. The van der Waals surface area contributed by atoms with Crippen LogP contribution in [0, 0.1) is 0 Å². The van der Waals surface area contributed by atoms with Crippen LogP contribution < -0.4 is 28.4 Å². The lowest BCUT2D eigenvalue weighted by Gasteiger charge is -2.21. The molecule has 0 heterocycles. The molecule has 332 valence electrons. The van der Waals surface area contributed by atoms with Gasteiger partial charge in [0.15, 0.2) is 34.5 Å². The van der Waals surface area contributed by atoms with Gasteiger partial charge in [0.05, 0.1) is 39.6 Å². The maximum absolute atomic E-state index is 11.1. The molecule has 4 rings (SSSR count). The van der Waals surface area contributed by atoms with Crippen molar-refractivity contribution >= 4 is 44.3 Å². The van der Waals surface area contributed by atoms with Crippen molar-refractivity contribution in [2.75, 3.05) is 39.6 Å². The molecule has 4 aromatic carbocycles. The minimum absolute atomic E-state index is 0.151. The normalized spacial score (nSPS) is 11.3. The summed E-state index contributed by atoms with van der Waals surface area (Å²) in [5, 5.41) is 24.2. The van der Waals surface area contributed by atoms with Gasteiger partial charge < -0.3 is 38.6 Å². The summed E-state index contributed by atoms with van der Waals surface area (Å²) in [6.07, 6.45) is 16.9. The third-order valence-electron chi connectivity index (χ3n) is 10.7. The first-order chi connectivity index (χ1) is 29.3. The molecular weight excluding hydrogens is 761 g/mol. The highest BCUT2D eigenvalue weighted by Crippen LogP contribution is 2.47. The summed E-state index contributed by atoms with van der Waals surface area (Å²) in [5.41, 5.74) is 0. The first-order valence-corrected chi connectivity index (χ1v) is 23.1. The molecule has 0 aliphatic heterocycles. The Bertz CT molecular complexity index is 1750. The Kier molecular flexibility index (Phi) is 21.9. The van der Waals surface area contributed by atoms with E-state index in [2.05, 4.69) is 64.1 Å². The molecular formula is C50H72O10. The standard InChI is InChI=1S/C50H72O10/c1-5-9-17-25-55-43-31-37-38(32-44(43)56-26-18-10-6-2)42-36-48(60-30-22-14-16-24-50(53)54)46(58-28-20-12-8-4)34-40(42)39-33-45(57-27-19-11-7-3)47(35-41(37)39)59-29-21-13-15-23-49(51)52/h31-36H,5-30H2,1-4H3,(H,51,52)(H,53,54). The number of aliphatic carboxylic acids is 2. The molecule has 0 aliphatic rings. The van der Waals surface area contributed by atoms with Gasteiger partial charge in [-0.2, -0.15) is 0 Å². The lowest BCUT2D eigenvalue weighted by atomic mass is 9.93. The van der Waals surface area contributed by atoms with Crippen LogP contribution in [0.15, 0.2) is 36.4 Å². The number of rotatable bonds is 34. The molecule has 0 aliphatic carbocycles. The first-order valence-electron chi connectivity index (χ1n) is 23.1. The van der Waals surface area contributed by atoms with Crippen LogP contribution in [0.4, 0.5) is 0 Å². The minimum Gasteiger partial charge on any atom is -0.490 e. The van der Waals surface area contributed by atoms with Crippen molar-refractivity contribution in [3.8, 4) is 34.5 Å². The number of hydrogen-bond donors (Lipinski definition) is 2. The van der Waals surface area contributed by atoms with Gasteiger partial charge in [0.1, 0.15) is 0 Å². The molecule has 0 aromatic heterocycles. The summed E-state index contributed by atoms with van der Waals surface area (Å²) < 4.78 is 39.0. The van der Waals surface area contributed by atoms with E-state index in [1.807, 2.05) is 0 Å². The zero-order valence-electron chi connectivity index (χ0n) is 37.0. The van der Waals surface area contributed by atoms with Crippen LogP contribution in [0.3, 0.4) is 0 Å². The molecule has 4 aromatic rings. The van der Waals surface area contributed by atoms with E-state index in [0.29, 0.717) is 87.0 Å². The van der Waals surface area contributed by atoms with Crippen LogP contribution >= 0.6 is 0 Å². The number of unbranched alkanes of at least 4 members (excludes halogenated alkanes) is 12. The second-order valence-electron chi connectivity index (χ2n) is 15.9. The number of carbonyl (C=O) groups is 2. The van der Waals surface area contributed by atoms with Gasteiger partial charge >= 0.3 is 11.9 Å². The summed E-state index contributed by atoms with van der Waals surface area (Å²) in [7, 11) is 0. The Morgan fingerprint density at radius 3 is 0.717 bits per heavy atom. The number of ether oxygens (including phenoxy) is 6. The Labute approximate surface area is 358 Å². The second kappa shape index (κ2) is 27.3. The molecule has 0 atom stereocenters. The van der Waals surface area contributed by atoms with Crippen LogP contribution in [-0.4, -0.2) is 61.8 Å². The fourth-order valence-electron chi connectivity index (χ4n) is 7.30. The quantitative estimate of drug-likeness (QED) is 0.0346. The van der Waals surface area contributed by atoms with Crippen molar-refractivity contribution in [2.24, 2.45) is 0 Å². The Morgan fingerprint density at radius 2 is 0.533 bits per heavy atom. The monoisotopic (exact) mass is 833 g/mol. The Balaban J connectivity index is 1.94. The SMILES string of the molecule is CCCCCOc1cc2c(cc1OCCCCC)c1cc(OCCCCCC(=O)O)c(OCCCCC)cc1c1cc(OCCCCC)c(OCCCCCC(=O)O)cc21. The van der Waals surface area contributed by atoms with Gasteiger partial charge in [-0.3, -0.25) is 9.59 Å². The van der Waals surface area contributed by atoms with E-state index in [1.165, 1.54) is 0 Å². The molecule has 0 radical (unpaired) electrons. The van der Waals surface area contributed by atoms with E-state index in [0.717, 1.165) is 135 Å². The van der Waals surface area contributed by atoms with Crippen molar-refractivity contribution in [2.45, 2.75) is 156 Å². The molecule has 60 heavy (non-hydrogen) atoms. The third kappa shape index (κ3) is 15.5. The lowest BCUT2D eigenvalue weighted by Crippen LogP contribution is -2.05. The third-order valence-corrected chi connectivity index (χ3v) is 10.7. The van der Waals surface area contributed by atoms with Gasteiger partial charge in [-0.25, -0.2) is 0 Å². The summed E-state index contributed by atoms with van der Waals surface area (Å²) in [4.78, 5) is 22.2. The summed E-state index contributed by atoms with van der Waals surface area (Å²) in [6.45, 7) is 11.9. The van der Waals surface area contributed by atoms with Crippen molar-refractivity contribution in [3.63, 3.8) is 0 Å². The molecule has 0 saturated carbocycles. The predicted molar refractivity (Wildman–Crippen MR) is 242 cm³/mol. The van der Waals surface area contributed by atoms with Crippen molar-refractivity contribution in [1.82, 2.24) is 0 Å². The number of hydrogen-bond acceptors (Lipinski definition) is 8. The summed E-state index contributed by atoms with van der Waals surface area (Å²) in [5.74, 6) is 2.51. The zero-order chi connectivity index (χ0) is 43.0. The van der Waals surface area contributed by atoms with Crippen LogP contribution in [-0.2, 0) is 9.59 Å². The highest BCUT2D eigenvalue weighted by atomic mass is 16.5. The maximum atomic E-state index is 11.1. The van der Waals surface area contributed by atoms with Gasteiger partial charge in [-0.05, 0) is 133 Å². The zero-order valence-corrected chi connectivity index (χ0v) is 37.0. The Hall–Kier alpha value is -4.60. The minimum atomic E-state index is -0.781. The lowest BCUT2D eigenvalue weighted by molar-refractivity contribution is -0.138. The number of carboxylic acids is 2. The molecule has 2 N–H and O–H groups in total. The van der Waals surface area contributed by atoms with E-state index in [9.17, 15) is 9.59 Å². The molecule has 0 amide bonds. The van der Waals surface area contributed by atoms with Crippen molar-refractivity contribution in [3.05, 3.63) is 36.4 Å². The van der Waals surface area contributed by atoms with E-state index in [-0.39, 0.29) is 12.8 Å². The van der Waals surface area contributed by atoms with Crippen molar-refractivity contribution < 1.29 is 48.2 Å². The smallest absolute Gasteiger partial charge is 0.303 e. The summed E-state index contributed by atoms with van der Waals surface area (Å²) in [6, 6.07) is 12.6. The molecule has 0 bridgehead atoms. The van der Waals surface area contributed by atoms with E-state index < -0.39 is 11.9 Å². The van der Waals surface area contributed by atoms with Gasteiger partial charge in [0.2, 0.25) is 0 Å². The van der Waals surface area contributed by atoms with E-state index in [1.54, 1.807) is 0 Å². The maximum Gasteiger partial charge on any atom is 0.303 e. The topological polar surface area (TPSA) is 130 Å². The largest absolute Gasteiger partial charge is 0.490 e. The number of fused-ring (bicyclic) bond motifs is 6. The van der Waals surface area contributed by atoms with Crippen LogP contribution in [0.2, 0.25) is 0 Å². The van der Waals surface area contributed by atoms with Gasteiger partial charge in [0.25, 0.3) is 0 Å². The van der Waals surface area contributed by atoms with E-state index >= 15 is 0 Å². The molecule has 0 spiro atoms. The fraction of sp³-hybridized carbons (Fsp3) is 0.600. The molecule has 10 heteroatoms. The van der Waals surface area contributed by atoms with Crippen molar-refractivity contribution in [1.29, 1.82) is 0 Å². The fourth-order valence-corrected chi connectivity index (χ4v) is 7.30. The average Bonchev–Trinajstić information content (AvgIpc) is 3.23. The average molecular weight is 833 g/mol. The second-order valence-corrected chi connectivity index (χ2v) is 15.9. The number of carboxylic acid groups (broad SMARTS) is 2. The predicted octanol–water partition coefficient (Wildman–Crippen LogP) is 13.5. The molecule has 10 nitrogen and oxygen atoms in total. The first kappa shape index (κ1) is 48.1. The van der Waals surface area contributed by atoms with Gasteiger partial charge in [-0.1, -0.05) is 79.1 Å². The van der Waals surface area contributed by atoms with E-state index in [4.69, 9.17) is 38.6 Å². The van der Waals surface area contributed by atoms with Gasteiger partial charge in [-0.15, -0.1) is 0 Å². The highest BCUT2D eigenvalue weighted by Gasteiger charge is 2.21. The Morgan fingerprint density at radius 1 is 0.333 bits per heavy atom.